The quantitative estimate of drug-likeness (QED) is 0.0261. The van der Waals surface area contributed by atoms with Crippen LogP contribution in [0.3, 0.4) is 0 Å². The summed E-state index contributed by atoms with van der Waals surface area (Å²) in [5.74, 6) is -0.937. The smallest absolute Gasteiger partial charge is 0.306 e. The number of esters is 3. The molecule has 1 atom stereocenters. The number of rotatable bonds is 55. The third kappa shape index (κ3) is 57.6. The number of ether oxygens (including phenoxy) is 3. The summed E-state index contributed by atoms with van der Waals surface area (Å²) in [5.41, 5.74) is 0. The second-order valence-corrected chi connectivity index (χ2v) is 20.2. The Morgan fingerprint density at radius 3 is 0.901 bits per heavy atom. The molecule has 0 amide bonds. The number of allylic oxidation sites excluding steroid dienone is 12. The zero-order chi connectivity index (χ0) is 51.4. The highest BCUT2D eigenvalue weighted by Gasteiger charge is 2.19. The molecule has 0 saturated carbocycles. The number of hydrogen-bond donors (Lipinski definition) is 0. The lowest BCUT2D eigenvalue weighted by molar-refractivity contribution is -0.167. The first-order chi connectivity index (χ1) is 35.0. The number of carbonyl (C=O) groups is 3. The van der Waals surface area contributed by atoms with Crippen molar-refractivity contribution in [3.05, 3.63) is 72.9 Å². The summed E-state index contributed by atoms with van der Waals surface area (Å²) in [6.45, 7) is 6.50. The molecule has 0 aliphatic carbocycles. The molecule has 0 bridgehead atoms. The molecule has 0 heterocycles. The third-order valence-electron chi connectivity index (χ3n) is 13.2. The Hall–Kier alpha value is -3.15. The molecule has 410 valence electrons. The van der Waals surface area contributed by atoms with Gasteiger partial charge in [0.15, 0.2) is 6.10 Å². The monoisotopic (exact) mass is 991 g/mol. The molecule has 0 N–H and O–H groups in total. The molecule has 0 rings (SSSR count). The van der Waals surface area contributed by atoms with E-state index in [-0.39, 0.29) is 31.1 Å². The molecule has 0 aliphatic rings. The van der Waals surface area contributed by atoms with Gasteiger partial charge in [-0.3, -0.25) is 14.4 Å². The normalized spacial score (nSPS) is 12.5. The van der Waals surface area contributed by atoms with Gasteiger partial charge in [-0.25, -0.2) is 0 Å². The van der Waals surface area contributed by atoms with Crippen molar-refractivity contribution in [3.8, 4) is 0 Å². The lowest BCUT2D eigenvalue weighted by atomic mass is 10.0. The highest BCUT2D eigenvalue weighted by atomic mass is 16.6. The van der Waals surface area contributed by atoms with E-state index < -0.39 is 6.10 Å². The van der Waals surface area contributed by atoms with Crippen LogP contribution in [0.5, 0.6) is 0 Å². The van der Waals surface area contributed by atoms with Crippen LogP contribution in [0.2, 0.25) is 0 Å². The number of carbonyl (C=O) groups excluding carboxylic acids is 3. The van der Waals surface area contributed by atoms with Gasteiger partial charge in [-0.15, -0.1) is 0 Å². The van der Waals surface area contributed by atoms with E-state index in [0.717, 1.165) is 109 Å². The first kappa shape index (κ1) is 67.8. The van der Waals surface area contributed by atoms with Gasteiger partial charge >= 0.3 is 17.9 Å². The molecule has 0 aliphatic heterocycles. The van der Waals surface area contributed by atoms with Gasteiger partial charge in [0.1, 0.15) is 13.2 Å². The molecule has 0 aromatic rings. The molecule has 1 unspecified atom stereocenters. The van der Waals surface area contributed by atoms with Crippen molar-refractivity contribution >= 4 is 17.9 Å². The van der Waals surface area contributed by atoms with Gasteiger partial charge in [0.2, 0.25) is 0 Å². The minimum absolute atomic E-state index is 0.0920. The van der Waals surface area contributed by atoms with E-state index >= 15 is 0 Å². The van der Waals surface area contributed by atoms with Crippen LogP contribution in [-0.2, 0) is 28.6 Å². The molecule has 0 spiro atoms. The minimum Gasteiger partial charge on any atom is -0.462 e. The van der Waals surface area contributed by atoms with E-state index in [1.807, 2.05) is 0 Å². The topological polar surface area (TPSA) is 78.9 Å². The second-order valence-electron chi connectivity index (χ2n) is 20.2. The van der Waals surface area contributed by atoms with E-state index in [2.05, 4.69) is 93.7 Å². The van der Waals surface area contributed by atoms with Crippen LogP contribution in [0, 0.1) is 0 Å². The zero-order valence-electron chi connectivity index (χ0n) is 47.0. The summed E-state index contributed by atoms with van der Waals surface area (Å²) in [6, 6.07) is 0. The van der Waals surface area contributed by atoms with Crippen LogP contribution < -0.4 is 0 Å². The van der Waals surface area contributed by atoms with Crippen LogP contribution in [0.15, 0.2) is 72.9 Å². The van der Waals surface area contributed by atoms with Crippen LogP contribution >= 0.6 is 0 Å². The van der Waals surface area contributed by atoms with Crippen LogP contribution in [0.25, 0.3) is 0 Å². The molecule has 71 heavy (non-hydrogen) atoms. The Labute approximate surface area is 440 Å². The van der Waals surface area contributed by atoms with Gasteiger partial charge < -0.3 is 14.2 Å². The van der Waals surface area contributed by atoms with Crippen molar-refractivity contribution in [3.63, 3.8) is 0 Å². The maximum Gasteiger partial charge on any atom is 0.306 e. The first-order valence-corrected chi connectivity index (χ1v) is 30.4. The van der Waals surface area contributed by atoms with E-state index in [1.54, 1.807) is 0 Å². The van der Waals surface area contributed by atoms with Crippen molar-refractivity contribution in [1.82, 2.24) is 0 Å². The van der Waals surface area contributed by atoms with E-state index in [0.29, 0.717) is 19.3 Å². The molecule has 0 saturated heterocycles. The van der Waals surface area contributed by atoms with Crippen LogP contribution in [-0.4, -0.2) is 37.2 Å². The Morgan fingerprint density at radius 1 is 0.296 bits per heavy atom. The lowest BCUT2D eigenvalue weighted by Gasteiger charge is -2.18. The predicted octanol–water partition coefficient (Wildman–Crippen LogP) is 20.5. The summed E-state index contributed by atoms with van der Waals surface area (Å²) in [4.78, 5) is 38.2. The Morgan fingerprint density at radius 2 is 0.549 bits per heavy atom. The van der Waals surface area contributed by atoms with Gasteiger partial charge in [-0.2, -0.15) is 0 Å². The summed E-state index contributed by atoms with van der Waals surface area (Å²) in [7, 11) is 0. The fraction of sp³-hybridized carbons (Fsp3) is 0.769. The molecular weight excluding hydrogens is 877 g/mol. The fourth-order valence-electron chi connectivity index (χ4n) is 8.64. The molecule has 0 aromatic heterocycles. The number of hydrogen-bond acceptors (Lipinski definition) is 6. The van der Waals surface area contributed by atoms with Crippen molar-refractivity contribution in [2.75, 3.05) is 13.2 Å². The molecule has 6 nitrogen and oxygen atoms in total. The summed E-state index contributed by atoms with van der Waals surface area (Å²) >= 11 is 0. The van der Waals surface area contributed by atoms with E-state index in [9.17, 15) is 14.4 Å². The molecular formula is C65H114O6. The number of unbranched alkanes of at least 4 members (excludes halogenated alkanes) is 32. The summed E-state index contributed by atoms with van der Waals surface area (Å²) in [5, 5.41) is 0. The van der Waals surface area contributed by atoms with Gasteiger partial charge in [0, 0.05) is 19.3 Å². The zero-order valence-corrected chi connectivity index (χ0v) is 47.0. The van der Waals surface area contributed by atoms with Gasteiger partial charge in [0.25, 0.3) is 0 Å². The minimum atomic E-state index is -0.799. The average Bonchev–Trinajstić information content (AvgIpc) is 3.37. The second kappa shape index (κ2) is 59.4. The van der Waals surface area contributed by atoms with E-state index in [4.69, 9.17) is 14.2 Å². The van der Waals surface area contributed by atoms with Gasteiger partial charge in [-0.1, -0.05) is 267 Å². The molecule has 0 fully saturated rings. The van der Waals surface area contributed by atoms with Crippen molar-refractivity contribution < 1.29 is 28.6 Å². The van der Waals surface area contributed by atoms with Crippen molar-refractivity contribution in [1.29, 1.82) is 0 Å². The highest BCUT2D eigenvalue weighted by Crippen LogP contribution is 2.17. The first-order valence-electron chi connectivity index (χ1n) is 30.4. The molecule has 0 radical (unpaired) electrons. The SMILES string of the molecule is CC/C=C\C/C=C\C/C=C\C/C=C\CCCCC(=O)OCC(COC(=O)CCCCCCCCCCCCCCCCCCCCCCCC)OC(=O)CCCCCCC/C=C\C/C=C\CCCCCC. The van der Waals surface area contributed by atoms with Crippen LogP contribution in [0.1, 0.15) is 303 Å². The Bertz CT molecular complexity index is 1320. The fourth-order valence-corrected chi connectivity index (χ4v) is 8.64. The predicted molar refractivity (Wildman–Crippen MR) is 307 cm³/mol. The highest BCUT2D eigenvalue weighted by molar-refractivity contribution is 5.71. The maximum atomic E-state index is 12.9. The Balaban J connectivity index is 4.37. The van der Waals surface area contributed by atoms with E-state index in [1.165, 1.54) is 154 Å². The summed E-state index contributed by atoms with van der Waals surface area (Å²) in [6.07, 6.45) is 76.2. The summed E-state index contributed by atoms with van der Waals surface area (Å²) < 4.78 is 16.9. The third-order valence-corrected chi connectivity index (χ3v) is 13.2. The molecule has 0 aromatic carbocycles. The lowest BCUT2D eigenvalue weighted by Crippen LogP contribution is -2.30. The van der Waals surface area contributed by atoms with Crippen molar-refractivity contribution in [2.24, 2.45) is 0 Å². The van der Waals surface area contributed by atoms with Crippen LogP contribution in [0.4, 0.5) is 0 Å². The average molecular weight is 992 g/mol. The van der Waals surface area contributed by atoms with Gasteiger partial charge in [0.05, 0.1) is 0 Å². The maximum absolute atomic E-state index is 12.9. The standard InChI is InChI=1S/C65H114O6/c1-4-7-10-13-16-19-22-25-28-30-31-32-33-34-35-38-40-43-46-49-52-55-58-64(67)70-61-62(60-69-63(66)57-54-51-48-45-42-39-36-27-24-21-18-15-12-9-6-3)71-65(68)59-56-53-50-47-44-41-37-29-26-23-20-17-14-11-8-5-2/h9,12,18,20-21,23,27,29,36-37,42,45,62H,4-8,10-11,13-17,19,22,24-26,28,30-35,38-41,43-44,46-61H2,1-3H3/b12-9-,21-18-,23-20-,36-27-,37-29-,45-42-. The Kier molecular flexibility index (Phi) is 56.8. The van der Waals surface area contributed by atoms with Gasteiger partial charge in [-0.05, 0) is 89.9 Å². The largest absolute Gasteiger partial charge is 0.462 e. The van der Waals surface area contributed by atoms with Crippen molar-refractivity contribution in [2.45, 2.75) is 309 Å². The molecule has 6 heteroatoms.